The van der Waals surface area contributed by atoms with Gasteiger partial charge in [0, 0.05) is 24.5 Å². The highest BCUT2D eigenvalue weighted by molar-refractivity contribution is 6.30. The van der Waals surface area contributed by atoms with Gasteiger partial charge in [0.15, 0.2) is 6.10 Å². The lowest BCUT2D eigenvalue weighted by molar-refractivity contribution is -0.208. The molecular weight excluding hydrogens is 321 g/mol. The summed E-state index contributed by atoms with van der Waals surface area (Å²) in [6.07, 6.45) is -6.82. The number of oxime groups is 1. The van der Waals surface area contributed by atoms with E-state index in [-0.39, 0.29) is 12.6 Å². The van der Waals surface area contributed by atoms with E-state index in [4.69, 9.17) is 21.5 Å². The van der Waals surface area contributed by atoms with E-state index in [1.807, 2.05) is 12.1 Å². The van der Waals surface area contributed by atoms with Gasteiger partial charge in [0.25, 0.3) is 0 Å². The molecule has 0 fully saturated rings. The zero-order valence-corrected chi connectivity index (χ0v) is 12.6. The molecule has 0 spiro atoms. The van der Waals surface area contributed by atoms with Crippen LogP contribution in [0, 0.1) is 0 Å². The molecule has 2 atom stereocenters. The van der Waals surface area contributed by atoms with Gasteiger partial charge in [-0.25, -0.2) is 0 Å². The summed E-state index contributed by atoms with van der Waals surface area (Å²) in [6.45, 7) is -0.257. The van der Waals surface area contributed by atoms with Gasteiger partial charge in [0.1, 0.15) is 6.10 Å². The van der Waals surface area contributed by atoms with Crippen LogP contribution in [0.5, 0.6) is 0 Å². The normalized spacial score (nSPS) is 20.0. The summed E-state index contributed by atoms with van der Waals surface area (Å²) < 4.78 is 36.9. The van der Waals surface area contributed by atoms with E-state index < -0.39 is 18.8 Å². The largest absolute Gasteiger partial charge is 0.415 e. The highest BCUT2D eigenvalue weighted by atomic mass is 35.5. The Labute approximate surface area is 131 Å². The summed E-state index contributed by atoms with van der Waals surface area (Å²) in [6, 6.07) is 7.09. The Balaban J connectivity index is 1.84. The van der Waals surface area contributed by atoms with E-state index >= 15 is 0 Å². The average molecular weight is 337 g/mol. The molecule has 0 saturated carbocycles. The standard InChI is InChI=1S/C14H16ClF3N2O2/c1-20(8-13(21)14(16,17)18)7-11-6-12(19-22-11)9-2-4-10(15)5-3-9/h2-5,11,13,21H,6-8H2,1H3. The molecule has 2 unspecified atom stereocenters. The number of alkyl halides is 3. The van der Waals surface area contributed by atoms with Crippen LogP contribution in [0.3, 0.4) is 0 Å². The van der Waals surface area contributed by atoms with Crippen LogP contribution in [0.2, 0.25) is 5.02 Å². The maximum Gasteiger partial charge on any atom is 0.415 e. The van der Waals surface area contributed by atoms with Gasteiger partial charge in [0.2, 0.25) is 0 Å². The van der Waals surface area contributed by atoms with Crippen LogP contribution in [0.4, 0.5) is 13.2 Å². The Kier molecular flexibility index (Phi) is 5.31. The zero-order valence-electron chi connectivity index (χ0n) is 11.8. The van der Waals surface area contributed by atoms with E-state index in [2.05, 4.69) is 5.16 Å². The van der Waals surface area contributed by atoms with Gasteiger partial charge >= 0.3 is 6.18 Å². The van der Waals surface area contributed by atoms with E-state index in [1.54, 1.807) is 12.1 Å². The van der Waals surface area contributed by atoms with Gasteiger partial charge < -0.3 is 9.94 Å². The minimum atomic E-state index is -4.62. The fraction of sp³-hybridized carbons (Fsp3) is 0.500. The molecule has 4 nitrogen and oxygen atoms in total. The number of halogens is 4. The van der Waals surface area contributed by atoms with Gasteiger partial charge in [-0.2, -0.15) is 13.2 Å². The molecule has 1 heterocycles. The van der Waals surface area contributed by atoms with Crippen LogP contribution in [0.15, 0.2) is 29.4 Å². The topological polar surface area (TPSA) is 45.1 Å². The molecule has 1 aromatic rings. The van der Waals surface area contributed by atoms with Gasteiger partial charge in [-0.05, 0) is 24.7 Å². The van der Waals surface area contributed by atoms with Crippen molar-refractivity contribution in [2.75, 3.05) is 20.1 Å². The fourth-order valence-electron chi connectivity index (χ4n) is 2.16. The molecule has 1 aliphatic rings. The third-order valence-electron chi connectivity index (χ3n) is 3.29. The van der Waals surface area contributed by atoms with Gasteiger partial charge in [-0.15, -0.1) is 0 Å². The van der Waals surface area contributed by atoms with E-state index in [9.17, 15) is 13.2 Å². The highest BCUT2D eigenvalue weighted by Crippen LogP contribution is 2.22. The minimum Gasteiger partial charge on any atom is -0.390 e. The summed E-state index contributed by atoms with van der Waals surface area (Å²) in [5, 5.41) is 13.6. The quantitative estimate of drug-likeness (QED) is 0.899. The van der Waals surface area contributed by atoms with Crippen LogP contribution in [0.1, 0.15) is 12.0 Å². The highest BCUT2D eigenvalue weighted by Gasteiger charge is 2.39. The second-order valence-electron chi connectivity index (χ2n) is 5.26. The van der Waals surface area contributed by atoms with Crippen molar-refractivity contribution in [2.45, 2.75) is 24.8 Å². The first-order chi connectivity index (χ1) is 10.3. The van der Waals surface area contributed by atoms with Crippen molar-refractivity contribution in [1.29, 1.82) is 0 Å². The molecule has 0 amide bonds. The minimum absolute atomic E-state index is 0.244. The number of nitrogens with zero attached hydrogens (tertiary/aromatic N) is 2. The molecule has 122 valence electrons. The predicted octanol–water partition coefficient (Wildman–Crippen LogP) is 2.69. The van der Waals surface area contributed by atoms with E-state index in [0.29, 0.717) is 11.4 Å². The Morgan fingerprint density at radius 2 is 2.05 bits per heavy atom. The Morgan fingerprint density at radius 1 is 1.41 bits per heavy atom. The van der Waals surface area contributed by atoms with Crippen LogP contribution in [-0.2, 0) is 4.84 Å². The molecule has 8 heteroatoms. The molecule has 22 heavy (non-hydrogen) atoms. The molecule has 0 aromatic heterocycles. The van der Waals surface area contributed by atoms with Crippen molar-refractivity contribution in [1.82, 2.24) is 4.90 Å². The molecule has 1 aliphatic heterocycles. The number of rotatable bonds is 5. The van der Waals surface area contributed by atoms with Crippen LogP contribution in [0.25, 0.3) is 0 Å². The number of hydrogen-bond acceptors (Lipinski definition) is 4. The third kappa shape index (κ3) is 4.59. The van der Waals surface area contributed by atoms with Gasteiger partial charge in [-0.3, -0.25) is 4.90 Å². The summed E-state index contributed by atoms with van der Waals surface area (Å²) in [5.41, 5.74) is 1.59. The number of hydrogen-bond donors (Lipinski definition) is 1. The van der Waals surface area contributed by atoms with Crippen molar-refractivity contribution >= 4 is 17.3 Å². The molecule has 1 aromatic carbocycles. The first-order valence-corrected chi connectivity index (χ1v) is 7.05. The van der Waals surface area contributed by atoms with Gasteiger partial charge in [-0.1, -0.05) is 28.9 Å². The number of aliphatic hydroxyl groups excluding tert-OH is 1. The van der Waals surface area contributed by atoms with Gasteiger partial charge in [0.05, 0.1) is 5.71 Å². The van der Waals surface area contributed by atoms with E-state index in [1.165, 1.54) is 11.9 Å². The Hall–Kier alpha value is -1.31. The monoisotopic (exact) mass is 336 g/mol. The summed E-state index contributed by atoms with van der Waals surface area (Å²) in [4.78, 5) is 6.62. The maximum atomic E-state index is 12.3. The Morgan fingerprint density at radius 3 is 2.64 bits per heavy atom. The lowest BCUT2D eigenvalue weighted by Gasteiger charge is -2.23. The lowest BCUT2D eigenvalue weighted by Crippen LogP contribution is -2.41. The first kappa shape index (κ1) is 17.1. The molecule has 0 radical (unpaired) electrons. The molecule has 0 saturated heterocycles. The SMILES string of the molecule is CN(CC1CC(c2ccc(Cl)cc2)=NO1)CC(O)C(F)(F)F. The third-order valence-corrected chi connectivity index (χ3v) is 3.54. The summed E-state index contributed by atoms with van der Waals surface area (Å²) in [5.74, 6) is 0. The van der Waals surface area contributed by atoms with Crippen molar-refractivity contribution in [3.05, 3.63) is 34.9 Å². The zero-order chi connectivity index (χ0) is 16.3. The molecule has 2 rings (SSSR count). The Bertz CT molecular complexity index is 534. The summed E-state index contributed by atoms with van der Waals surface area (Å²) in [7, 11) is 1.50. The number of aliphatic hydroxyl groups is 1. The molecule has 0 bridgehead atoms. The second kappa shape index (κ2) is 6.85. The molecule has 1 N–H and O–H groups in total. The fourth-order valence-corrected chi connectivity index (χ4v) is 2.29. The maximum absolute atomic E-state index is 12.3. The first-order valence-electron chi connectivity index (χ1n) is 6.67. The predicted molar refractivity (Wildman–Crippen MR) is 77.0 cm³/mol. The van der Waals surface area contributed by atoms with Crippen molar-refractivity contribution in [3.63, 3.8) is 0 Å². The lowest BCUT2D eigenvalue weighted by atomic mass is 10.0. The smallest absolute Gasteiger partial charge is 0.390 e. The molecular formula is C14H16ClF3N2O2. The number of benzene rings is 1. The van der Waals surface area contributed by atoms with Crippen molar-refractivity contribution < 1.29 is 23.1 Å². The number of likely N-dealkylation sites (N-methyl/N-ethyl adjacent to an activating group) is 1. The van der Waals surface area contributed by atoms with E-state index in [0.717, 1.165) is 11.3 Å². The van der Waals surface area contributed by atoms with Crippen LogP contribution in [-0.4, -0.2) is 54.2 Å². The van der Waals surface area contributed by atoms with Crippen LogP contribution >= 0.6 is 11.6 Å². The van der Waals surface area contributed by atoms with Crippen molar-refractivity contribution in [3.8, 4) is 0 Å². The van der Waals surface area contributed by atoms with Crippen LogP contribution < -0.4 is 0 Å². The summed E-state index contributed by atoms with van der Waals surface area (Å²) >= 11 is 5.81. The second-order valence-corrected chi connectivity index (χ2v) is 5.69. The molecule has 0 aliphatic carbocycles. The van der Waals surface area contributed by atoms with Crippen molar-refractivity contribution in [2.24, 2.45) is 5.16 Å². The average Bonchev–Trinajstić information content (AvgIpc) is 2.86.